The minimum absolute atomic E-state index is 0.122. The van der Waals surface area contributed by atoms with E-state index in [2.05, 4.69) is 15.9 Å². The Balaban J connectivity index is 2.84. The minimum atomic E-state index is -0.388. The summed E-state index contributed by atoms with van der Waals surface area (Å²) in [6, 6.07) is 1.92. The molecule has 0 aliphatic rings. The highest BCUT2D eigenvalue weighted by atomic mass is 79.9. The van der Waals surface area contributed by atoms with Crippen molar-refractivity contribution in [3.05, 3.63) is 20.8 Å². The fraction of sp³-hybridized carbons (Fsp3) is 0.444. The van der Waals surface area contributed by atoms with Gasteiger partial charge in [-0.2, -0.15) is 0 Å². The number of thiophene rings is 1. The lowest BCUT2D eigenvalue weighted by Gasteiger charge is -2.10. The molecular weight excluding hydrogens is 252 g/mol. The van der Waals surface area contributed by atoms with Crippen LogP contribution in [0.5, 0.6) is 0 Å². The van der Waals surface area contributed by atoms with Gasteiger partial charge in [-0.05, 0) is 22.0 Å². The molecule has 13 heavy (non-hydrogen) atoms. The second-order valence-corrected chi connectivity index (χ2v) is 4.46. The van der Waals surface area contributed by atoms with Crippen molar-refractivity contribution < 1.29 is 9.53 Å². The molecule has 0 fully saturated rings. The SMILES string of the molecule is CCC(=O)C(OC)c1cc(Br)cs1. The molecule has 1 heterocycles. The summed E-state index contributed by atoms with van der Waals surface area (Å²) in [6.45, 7) is 1.84. The lowest BCUT2D eigenvalue weighted by molar-refractivity contribution is -0.128. The van der Waals surface area contributed by atoms with Crippen LogP contribution < -0.4 is 0 Å². The van der Waals surface area contributed by atoms with E-state index in [1.54, 1.807) is 7.11 Å². The standard InChI is InChI=1S/C9H11BrO2S/c1-3-7(11)9(12-2)8-4-6(10)5-13-8/h4-5,9H,3H2,1-2H3. The van der Waals surface area contributed by atoms with Crippen LogP contribution in [0, 0.1) is 0 Å². The monoisotopic (exact) mass is 262 g/mol. The highest BCUT2D eigenvalue weighted by Gasteiger charge is 2.19. The lowest BCUT2D eigenvalue weighted by Crippen LogP contribution is -2.11. The molecule has 1 unspecified atom stereocenters. The highest BCUT2D eigenvalue weighted by molar-refractivity contribution is 9.10. The largest absolute Gasteiger partial charge is 0.368 e. The van der Waals surface area contributed by atoms with Crippen LogP contribution in [0.3, 0.4) is 0 Å². The molecule has 1 aromatic heterocycles. The van der Waals surface area contributed by atoms with Gasteiger partial charge in [0.25, 0.3) is 0 Å². The third-order valence-electron chi connectivity index (χ3n) is 1.72. The average Bonchev–Trinajstić information content (AvgIpc) is 2.53. The fourth-order valence-corrected chi connectivity index (χ4v) is 2.60. The van der Waals surface area contributed by atoms with Gasteiger partial charge in [-0.1, -0.05) is 6.92 Å². The first-order valence-corrected chi connectivity index (χ1v) is 5.65. The molecule has 1 rings (SSSR count). The maximum absolute atomic E-state index is 11.4. The van der Waals surface area contributed by atoms with Gasteiger partial charge in [-0.25, -0.2) is 0 Å². The number of carbonyl (C=O) groups excluding carboxylic acids is 1. The van der Waals surface area contributed by atoms with E-state index in [-0.39, 0.29) is 11.9 Å². The zero-order valence-electron chi connectivity index (χ0n) is 7.54. The predicted molar refractivity (Wildman–Crippen MR) is 57.1 cm³/mol. The summed E-state index contributed by atoms with van der Waals surface area (Å²) in [5.41, 5.74) is 0. The number of hydrogen-bond acceptors (Lipinski definition) is 3. The number of hydrogen-bond donors (Lipinski definition) is 0. The van der Waals surface area contributed by atoms with Gasteiger partial charge < -0.3 is 4.74 Å². The van der Waals surface area contributed by atoms with Crippen molar-refractivity contribution in [1.82, 2.24) is 0 Å². The third-order valence-corrected chi connectivity index (χ3v) is 3.46. The smallest absolute Gasteiger partial charge is 0.166 e. The van der Waals surface area contributed by atoms with Gasteiger partial charge in [0.1, 0.15) is 6.10 Å². The van der Waals surface area contributed by atoms with E-state index >= 15 is 0 Å². The van der Waals surface area contributed by atoms with Gasteiger partial charge in [0, 0.05) is 28.3 Å². The maximum atomic E-state index is 11.4. The topological polar surface area (TPSA) is 26.3 Å². The molecule has 0 radical (unpaired) electrons. The zero-order chi connectivity index (χ0) is 9.84. The van der Waals surface area contributed by atoms with Crippen molar-refractivity contribution in [2.75, 3.05) is 7.11 Å². The third kappa shape index (κ3) is 2.62. The van der Waals surface area contributed by atoms with Gasteiger partial charge in [0.05, 0.1) is 0 Å². The van der Waals surface area contributed by atoms with Crippen LogP contribution in [-0.2, 0) is 9.53 Å². The normalized spacial score (nSPS) is 12.8. The number of ether oxygens (including phenoxy) is 1. The molecule has 0 aromatic carbocycles. The van der Waals surface area contributed by atoms with E-state index in [9.17, 15) is 4.79 Å². The summed E-state index contributed by atoms with van der Waals surface area (Å²) in [5.74, 6) is 0.122. The van der Waals surface area contributed by atoms with E-state index in [4.69, 9.17) is 4.74 Å². The first kappa shape index (κ1) is 10.9. The van der Waals surface area contributed by atoms with Crippen molar-refractivity contribution in [1.29, 1.82) is 0 Å². The van der Waals surface area contributed by atoms with E-state index in [1.165, 1.54) is 11.3 Å². The number of ketones is 1. The molecule has 0 bridgehead atoms. The van der Waals surface area contributed by atoms with E-state index in [0.717, 1.165) is 9.35 Å². The Hall–Kier alpha value is -0.190. The van der Waals surface area contributed by atoms with Crippen LogP contribution in [0.25, 0.3) is 0 Å². The Morgan fingerprint density at radius 2 is 2.46 bits per heavy atom. The molecule has 1 atom stereocenters. The quantitative estimate of drug-likeness (QED) is 0.834. The Labute approximate surface area is 90.0 Å². The van der Waals surface area contributed by atoms with Gasteiger partial charge in [0.2, 0.25) is 0 Å². The summed E-state index contributed by atoms with van der Waals surface area (Å²) in [7, 11) is 1.56. The highest BCUT2D eigenvalue weighted by Crippen LogP contribution is 2.28. The summed E-state index contributed by atoms with van der Waals surface area (Å²) in [5, 5.41) is 1.95. The van der Waals surface area contributed by atoms with Crippen LogP contribution in [0.1, 0.15) is 24.3 Å². The van der Waals surface area contributed by atoms with E-state index in [1.807, 2.05) is 18.4 Å². The van der Waals surface area contributed by atoms with Crippen molar-refractivity contribution in [2.45, 2.75) is 19.4 Å². The number of methoxy groups -OCH3 is 1. The molecule has 0 aliphatic heterocycles. The fourth-order valence-electron chi connectivity index (χ4n) is 1.06. The molecule has 2 nitrogen and oxygen atoms in total. The van der Waals surface area contributed by atoms with Crippen LogP contribution in [0.15, 0.2) is 15.9 Å². The lowest BCUT2D eigenvalue weighted by atomic mass is 10.1. The number of rotatable bonds is 4. The number of Topliss-reactive ketones (excluding diaryl/α,β-unsaturated/α-hetero) is 1. The van der Waals surface area contributed by atoms with Crippen LogP contribution in [-0.4, -0.2) is 12.9 Å². The molecule has 4 heteroatoms. The van der Waals surface area contributed by atoms with Gasteiger partial charge in [0.15, 0.2) is 5.78 Å². The van der Waals surface area contributed by atoms with Crippen molar-refractivity contribution >= 4 is 33.0 Å². The Morgan fingerprint density at radius 1 is 1.77 bits per heavy atom. The predicted octanol–water partition coefficient (Wildman–Crippen LogP) is 3.18. The first-order valence-electron chi connectivity index (χ1n) is 3.98. The molecule has 0 spiro atoms. The second kappa shape index (κ2) is 4.88. The molecule has 0 saturated carbocycles. The van der Waals surface area contributed by atoms with E-state index in [0.29, 0.717) is 6.42 Å². The van der Waals surface area contributed by atoms with Crippen molar-refractivity contribution in [3.63, 3.8) is 0 Å². The summed E-state index contributed by atoms with van der Waals surface area (Å²) < 4.78 is 6.14. The van der Waals surface area contributed by atoms with Crippen molar-refractivity contribution in [3.8, 4) is 0 Å². The number of carbonyl (C=O) groups is 1. The van der Waals surface area contributed by atoms with Gasteiger partial charge in [-0.15, -0.1) is 11.3 Å². The molecule has 0 N–H and O–H groups in total. The molecular formula is C9H11BrO2S. The zero-order valence-corrected chi connectivity index (χ0v) is 9.94. The second-order valence-electron chi connectivity index (χ2n) is 2.60. The Bertz CT molecular complexity index is 296. The van der Waals surface area contributed by atoms with Gasteiger partial charge >= 0.3 is 0 Å². The Kier molecular flexibility index (Phi) is 4.09. The summed E-state index contributed by atoms with van der Waals surface area (Å²) >= 11 is 4.88. The van der Waals surface area contributed by atoms with Crippen LogP contribution in [0.4, 0.5) is 0 Å². The van der Waals surface area contributed by atoms with E-state index < -0.39 is 0 Å². The van der Waals surface area contributed by atoms with Crippen molar-refractivity contribution in [2.24, 2.45) is 0 Å². The summed E-state index contributed by atoms with van der Waals surface area (Å²) in [4.78, 5) is 12.4. The van der Waals surface area contributed by atoms with Gasteiger partial charge in [-0.3, -0.25) is 4.79 Å². The molecule has 0 aliphatic carbocycles. The molecule has 72 valence electrons. The van der Waals surface area contributed by atoms with Crippen LogP contribution in [0.2, 0.25) is 0 Å². The summed E-state index contributed by atoms with van der Waals surface area (Å²) in [6.07, 6.45) is 0.120. The number of halogens is 1. The van der Waals surface area contributed by atoms with Crippen LogP contribution >= 0.6 is 27.3 Å². The molecule has 0 saturated heterocycles. The minimum Gasteiger partial charge on any atom is -0.368 e. The Morgan fingerprint density at radius 3 is 2.85 bits per heavy atom. The first-order chi connectivity index (χ1) is 6.19. The molecule has 0 amide bonds. The maximum Gasteiger partial charge on any atom is 0.166 e. The molecule has 1 aromatic rings. The average molecular weight is 263 g/mol.